The molecular formula is C25H33ClN2O3S. The van der Waals surface area contributed by atoms with Gasteiger partial charge in [-0.1, -0.05) is 41.4 Å². The van der Waals surface area contributed by atoms with Crippen molar-refractivity contribution in [3.8, 4) is 5.75 Å². The Labute approximate surface area is 197 Å². The van der Waals surface area contributed by atoms with Crippen LogP contribution < -0.4 is 4.74 Å². The Bertz CT molecular complexity index is 1060. The van der Waals surface area contributed by atoms with Crippen molar-refractivity contribution in [1.82, 2.24) is 9.21 Å². The topological polar surface area (TPSA) is 49.9 Å². The summed E-state index contributed by atoms with van der Waals surface area (Å²) in [4.78, 5) is 2.82. The Morgan fingerprint density at radius 1 is 1.12 bits per heavy atom. The molecule has 0 N–H and O–H groups in total. The molecule has 2 aromatic carbocycles. The second-order valence-corrected chi connectivity index (χ2v) is 11.7. The van der Waals surface area contributed by atoms with Crippen molar-refractivity contribution in [2.45, 2.75) is 57.1 Å². The van der Waals surface area contributed by atoms with E-state index < -0.39 is 10.0 Å². The maximum Gasteiger partial charge on any atom is 0.243 e. The molecule has 1 saturated heterocycles. The smallest absolute Gasteiger partial charge is 0.243 e. The number of nitrogens with zero attached hydrogens (tertiary/aromatic N) is 2. The SMILES string of the molecule is Cc1ccc(S(=O)(=O)N(C)CC2CC(Oc3cccc(CN4CCCC4)c3Cl)C2)c(C)c1. The van der Waals surface area contributed by atoms with Gasteiger partial charge >= 0.3 is 0 Å². The molecule has 2 aliphatic rings. The van der Waals surface area contributed by atoms with Crippen LogP contribution in [0.5, 0.6) is 5.75 Å². The monoisotopic (exact) mass is 476 g/mol. The van der Waals surface area contributed by atoms with E-state index in [1.165, 1.54) is 17.1 Å². The third-order valence-electron chi connectivity index (χ3n) is 6.66. The van der Waals surface area contributed by atoms with E-state index in [0.29, 0.717) is 16.5 Å². The van der Waals surface area contributed by atoms with Gasteiger partial charge in [0, 0.05) is 20.1 Å². The normalized spacial score (nSPS) is 21.7. The van der Waals surface area contributed by atoms with E-state index in [1.54, 1.807) is 13.1 Å². The highest BCUT2D eigenvalue weighted by Gasteiger charge is 2.35. The maximum absolute atomic E-state index is 13.0. The number of hydrogen-bond acceptors (Lipinski definition) is 4. The number of halogens is 1. The number of aryl methyl sites for hydroxylation is 2. The van der Waals surface area contributed by atoms with E-state index in [9.17, 15) is 8.42 Å². The molecule has 1 aliphatic heterocycles. The van der Waals surface area contributed by atoms with Crippen molar-refractivity contribution < 1.29 is 13.2 Å². The molecule has 2 aromatic rings. The van der Waals surface area contributed by atoms with Crippen molar-refractivity contribution in [2.75, 3.05) is 26.7 Å². The van der Waals surface area contributed by atoms with Crippen molar-refractivity contribution in [1.29, 1.82) is 0 Å². The minimum atomic E-state index is -3.49. The van der Waals surface area contributed by atoms with Gasteiger partial charge in [0.2, 0.25) is 10.0 Å². The zero-order valence-corrected chi connectivity index (χ0v) is 20.8. The van der Waals surface area contributed by atoms with Gasteiger partial charge in [-0.2, -0.15) is 0 Å². The molecule has 1 heterocycles. The van der Waals surface area contributed by atoms with Crippen LogP contribution in [0, 0.1) is 19.8 Å². The molecular weight excluding hydrogens is 444 g/mol. The van der Waals surface area contributed by atoms with Crippen LogP contribution in [0.15, 0.2) is 41.3 Å². The lowest BCUT2D eigenvalue weighted by Crippen LogP contribution is -2.42. The molecule has 174 valence electrons. The van der Waals surface area contributed by atoms with Crippen LogP contribution in [0.25, 0.3) is 0 Å². The molecule has 7 heteroatoms. The molecule has 0 unspecified atom stereocenters. The summed E-state index contributed by atoms with van der Waals surface area (Å²) in [6.07, 6.45) is 4.26. The molecule has 32 heavy (non-hydrogen) atoms. The first kappa shape index (κ1) is 23.6. The molecule has 0 bridgehead atoms. The molecule has 2 fully saturated rings. The summed E-state index contributed by atoms with van der Waals surface area (Å²) >= 11 is 6.65. The zero-order valence-electron chi connectivity index (χ0n) is 19.2. The predicted molar refractivity (Wildman–Crippen MR) is 129 cm³/mol. The summed E-state index contributed by atoms with van der Waals surface area (Å²) in [7, 11) is -1.82. The first-order valence-corrected chi connectivity index (χ1v) is 13.3. The van der Waals surface area contributed by atoms with Crippen molar-refractivity contribution >= 4 is 21.6 Å². The summed E-state index contributed by atoms with van der Waals surface area (Å²) < 4.78 is 33.7. The van der Waals surface area contributed by atoms with E-state index >= 15 is 0 Å². The first-order valence-electron chi connectivity index (χ1n) is 11.4. The van der Waals surface area contributed by atoms with E-state index in [4.69, 9.17) is 16.3 Å². The number of hydrogen-bond donors (Lipinski definition) is 0. The Kier molecular flexibility index (Phi) is 7.15. The molecule has 0 atom stereocenters. The van der Waals surface area contributed by atoms with Gasteiger partial charge in [0.05, 0.1) is 16.0 Å². The highest BCUT2D eigenvalue weighted by atomic mass is 35.5. The lowest BCUT2D eigenvalue weighted by Gasteiger charge is -2.37. The summed E-state index contributed by atoms with van der Waals surface area (Å²) in [6, 6.07) is 11.5. The standard InChI is InChI=1S/C25H33ClN2O3S/c1-18-9-10-24(19(2)13-18)32(29,30)27(3)16-20-14-22(15-20)31-23-8-6-7-21(25(23)26)17-28-11-4-5-12-28/h6-10,13,20,22H,4-5,11-12,14-17H2,1-3H3. The third kappa shape index (κ3) is 5.14. The van der Waals surface area contributed by atoms with Crippen LogP contribution in [0.3, 0.4) is 0 Å². The molecule has 1 saturated carbocycles. The molecule has 0 radical (unpaired) electrons. The highest BCUT2D eigenvalue weighted by molar-refractivity contribution is 7.89. The minimum Gasteiger partial charge on any atom is -0.489 e. The fourth-order valence-electron chi connectivity index (χ4n) is 4.77. The Balaban J connectivity index is 1.32. The molecule has 1 aliphatic carbocycles. The van der Waals surface area contributed by atoms with Crippen molar-refractivity contribution in [2.24, 2.45) is 5.92 Å². The second kappa shape index (κ2) is 9.72. The molecule has 0 spiro atoms. The summed E-state index contributed by atoms with van der Waals surface area (Å²) in [5, 5.41) is 0.706. The van der Waals surface area contributed by atoms with Gasteiger partial charge in [0.1, 0.15) is 5.75 Å². The van der Waals surface area contributed by atoms with Crippen LogP contribution in [-0.2, 0) is 16.6 Å². The number of sulfonamides is 1. The lowest BCUT2D eigenvalue weighted by atomic mass is 9.82. The van der Waals surface area contributed by atoms with Crippen molar-refractivity contribution in [3.63, 3.8) is 0 Å². The quantitative estimate of drug-likeness (QED) is 0.536. The minimum absolute atomic E-state index is 0.0803. The van der Waals surface area contributed by atoms with Gasteiger partial charge in [-0.25, -0.2) is 12.7 Å². The summed E-state index contributed by atoms with van der Waals surface area (Å²) in [5.41, 5.74) is 2.96. The molecule has 4 rings (SSSR count). The number of likely N-dealkylation sites (tertiary alicyclic amines) is 1. The van der Waals surface area contributed by atoms with Crippen LogP contribution in [-0.4, -0.2) is 50.4 Å². The van der Waals surface area contributed by atoms with Gasteiger partial charge in [0.15, 0.2) is 0 Å². The van der Waals surface area contributed by atoms with Crippen molar-refractivity contribution in [3.05, 3.63) is 58.1 Å². The first-order chi connectivity index (χ1) is 15.2. The van der Waals surface area contributed by atoms with Gasteiger partial charge in [-0.05, 0) is 81.8 Å². The van der Waals surface area contributed by atoms with Gasteiger partial charge in [-0.15, -0.1) is 0 Å². The Hall–Kier alpha value is -1.60. The van der Waals surface area contributed by atoms with Crippen LogP contribution in [0.4, 0.5) is 0 Å². The fraction of sp³-hybridized carbons (Fsp3) is 0.520. The third-order valence-corrected chi connectivity index (χ3v) is 9.07. The van der Waals surface area contributed by atoms with Gasteiger partial charge < -0.3 is 4.74 Å². The number of ether oxygens (including phenoxy) is 1. The average Bonchev–Trinajstić information content (AvgIpc) is 3.21. The maximum atomic E-state index is 13.0. The largest absolute Gasteiger partial charge is 0.489 e. The van der Waals surface area contributed by atoms with E-state index in [1.807, 2.05) is 38.1 Å². The summed E-state index contributed by atoms with van der Waals surface area (Å²) in [6.45, 7) is 7.44. The van der Waals surface area contributed by atoms with Crippen LogP contribution in [0.2, 0.25) is 5.02 Å². The number of rotatable bonds is 8. The second-order valence-electron chi connectivity index (χ2n) is 9.34. The predicted octanol–water partition coefficient (Wildman–Crippen LogP) is 5.03. The average molecular weight is 477 g/mol. The molecule has 0 aromatic heterocycles. The summed E-state index contributed by atoms with van der Waals surface area (Å²) in [5.74, 6) is 1.03. The molecule has 5 nitrogen and oxygen atoms in total. The van der Waals surface area contributed by atoms with Crippen LogP contribution in [0.1, 0.15) is 42.4 Å². The van der Waals surface area contributed by atoms with E-state index in [0.717, 1.165) is 54.9 Å². The van der Waals surface area contributed by atoms with E-state index in [-0.39, 0.29) is 12.0 Å². The highest BCUT2D eigenvalue weighted by Crippen LogP contribution is 2.37. The Morgan fingerprint density at radius 3 is 2.53 bits per heavy atom. The van der Waals surface area contributed by atoms with Gasteiger partial charge in [-0.3, -0.25) is 4.90 Å². The zero-order chi connectivity index (χ0) is 22.9. The van der Waals surface area contributed by atoms with E-state index in [2.05, 4.69) is 11.0 Å². The Morgan fingerprint density at radius 2 is 1.84 bits per heavy atom. The lowest BCUT2D eigenvalue weighted by molar-refractivity contribution is 0.0575. The van der Waals surface area contributed by atoms with Gasteiger partial charge in [0.25, 0.3) is 0 Å². The fourth-order valence-corrected chi connectivity index (χ4v) is 6.45. The van der Waals surface area contributed by atoms with Crippen LogP contribution >= 0.6 is 11.6 Å². The number of benzene rings is 2. The molecule has 0 amide bonds.